The van der Waals surface area contributed by atoms with Crippen LogP contribution in [0.4, 0.5) is 10.5 Å². The van der Waals surface area contributed by atoms with Gasteiger partial charge in [-0.05, 0) is 31.9 Å². The molecule has 0 bridgehead atoms. The first-order chi connectivity index (χ1) is 12.6. The van der Waals surface area contributed by atoms with Gasteiger partial charge in [-0.1, -0.05) is 12.1 Å². The summed E-state index contributed by atoms with van der Waals surface area (Å²) in [7, 11) is 0. The number of hydrogen-bond acceptors (Lipinski definition) is 5. The number of hydrogen-bond donors (Lipinski definition) is 2. The highest BCUT2D eigenvalue weighted by Gasteiger charge is 2.31. The maximum absolute atomic E-state index is 12.3. The minimum absolute atomic E-state index is 0.0212. The minimum atomic E-state index is -0.843. The van der Waals surface area contributed by atoms with E-state index in [9.17, 15) is 14.4 Å². The first kappa shape index (κ1) is 18.0. The van der Waals surface area contributed by atoms with Gasteiger partial charge in [-0.15, -0.1) is 0 Å². The van der Waals surface area contributed by atoms with Crippen LogP contribution in [0.25, 0.3) is 0 Å². The highest BCUT2D eigenvalue weighted by molar-refractivity contribution is 5.99. The Labute approximate surface area is 151 Å². The van der Waals surface area contributed by atoms with E-state index in [1.165, 1.54) is 0 Å². The molecule has 2 aliphatic rings. The van der Waals surface area contributed by atoms with E-state index < -0.39 is 6.10 Å². The number of para-hydroxylation sites is 2. The van der Waals surface area contributed by atoms with Gasteiger partial charge < -0.3 is 25.0 Å². The Kier molecular flexibility index (Phi) is 5.60. The van der Waals surface area contributed by atoms with Gasteiger partial charge >= 0.3 is 6.09 Å². The fourth-order valence-electron chi connectivity index (χ4n) is 3.10. The van der Waals surface area contributed by atoms with Gasteiger partial charge in [0.1, 0.15) is 5.75 Å². The van der Waals surface area contributed by atoms with E-state index in [0.29, 0.717) is 44.0 Å². The van der Waals surface area contributed by atoms with Crippen molar-refractivity contribution in [3.63, 3.8) is 0 Å². The Balaban J connectivity index is 1.46. The minimum Gasteiger partial charge on any atom is -0.478 e. The number of ether oxygens (including phenoxy) is 2. The van der Waals surface area contributed by atoms with Crippen LogP contribution in [0.3, 0.4) is 0 Å². The van der Waals surface area contributed by atoms with Gasteiger partial charge in [0.15, 0.2) is 6.10 Å². The molecule has 8 heteroatoms. The van der Waals surface area contributed by atoms with Crippen molar-refractivity contribution in [1.82, 2.24) is 10.2 Å². The fraction of sp³-hybridized carbons (Fsp3) is 0.500. The van der Waals surface area contributed by atoms with E-state index >= 15 is 0 Å². The van der Waals surface area contributed by atoms with Crippen LogP contribution in [0.15, 0.2) is 24.3 Å². The molecule has 0 aliphatic carbocycles. The molecule has 26 heavy (non-hydrogen) atoms. The lowest BCUT2D eigenvalue weighted by Crippen LogP contribution is -2.48. The second kappa shape index (κ2) is 8.07. The molecule has 140 valence electrons. The van der Waals surface area contributed by atoms with Crippen molar-refractivity contribution in [3.8, 4) is 5.75 Å². The van der Waals surface area contributed by atoms with Crippen LogP contribution in [0.2, 0.25) is 0 Å². The van der Waals surface area contributed by atoms with E-state index in [2.05, 4.69) is 10.6 Å². The SMILES string of the molecule is CCOC(=O)N1CCC(NC(=O)CC2Oc3ccccc3NC2=O)CC1. The summed E-state index contributed by atoms with van der Waals surface area (Å²) in [4.78, 5) is 37.7. The van der Waals surface area contributed by atoms with Crippen molar-refractivity contribution in [2.45, 2.75) is 38.3 Å². The first-order valence-corrected chi connectivity index (χ1v) is 8.84. The van der Waals surface area contributed by atoms with Crippen molar-refractivity contribution in [2.24, 2.45) is 0 Å². The molecule has 3 rings (SSSR count). The first-order valence-electron chi connectivity index (χ1n) is 8.84. The number of carbonyl (C=O) groups excluding carboxylic acids is 3. The molecule has 1 saturated heterocycles. The molecule has 8 nitrogen and oxygen atoms in total. The van der Waals surface area contributed by atoms with Crippen molar-refractivity contribution in [3.05, 3.63) is 24.3 Å². The molecule has 2 N–H and O–H groups in total. The van der Waals surface area contributed by atoms with E-state index in [-0.39, 0.29) is 30.4 Å². The summed E-state index contributed by atoms with van der Waals surface area (Å²) in [5.41, 5.74) is 0.612. The summed E-state index contributed by atoms with van der Waals surface area (Å²) < 4.78 is 10.6. The number of piperidine rings is 1. The van der Waals surface area contributed by atoms with Crippen LogP contribution < -0.4 is 15.4 Å². The number of nitrogens with zero attached hydrogens (tertiary/aromatic N) is 1. The van der Waals surface area contributed by atoms with E-state index in [1.807, 2.05) is 6.07 Å². The molecule has 1 aromatic rings. The quantitative estimate of drug-likeness (QED) is 0.847. The average molecular weight is 361 g/mol. The number of anilines is 1. The lowest BCUT2D eigenvalue weighted by molar-refractivity contribution is -0.131. The monoisotopic (exact) mass is 361 g/mol. The zero-order chi connectivity index (χ0) is 18.5. The van der Waals surface area contributed by atoms with Crippen LogP contribution in [0, 0.1) is 0 Å². The Morgan fingerprint density at radius 1 is 1.31 bits per heavy atom. The molecule has 1 atom stereocenters. The Bertz CT molecular complexity index is 685. The predicted molar refractivity (Wildman–Crippen MR) is 93.9 cm³/mol. The van der Waals surface area contributed by atoms with E-state index in [1.54, 1.807) is 30.0 Å². The maximum Gasteiger partial charge on any atom is 0.409 e. The number of carbonyl (C=O) groups is 3. The van der Waals surface area contributed by atoms with Gasteiger partial charge in [0, 0.05) is 19.1 Å². The van der Waals surface area contributed by atoms with Gasteiger partial charge in [0.2, 0.25) is 5.91 Å². The van der Waals surface area contributed by atoms with Crippen LogP contribution in [0.5, 0.6) is 5.75 Å². The third kappa shape index (κ3) is 4.25. The topological polar surface area (TPSA) is 97.0 Å². The molecule has 1 unspecified atom stereocenters. The molecule has 0 spiro atoms. The zero-order valence-electron chi connectivity index (χ0n) is 14.7. The molecule has 2 heterocycles. The van der Waals surface area contributed by atoms with Gasteiger partial charge in [0.05, 0.1) is 18.7 Å². The van der Waals surface area contributed by atoms with Crippen LogP contribution >= 0.6 is 0 Å². The smallest absolute Gasteiger partial charge is 0.409 e. The fourth-order valence-corrected chi connectivity index (χ4v) is 3.10. The van der Waals surface area contributed by atoms with Crippen LogP contribution in [0.1, 0.15) is 26.2 Å². The summed E-state index contributed by atoms with van der Waals surface area (Å²) in [6.07, 6.45) is 0.113. The number of amides is 3. The van der Waals surface area contributed by atoms with Crippen molar-refractivity contribution >= 4 is 23.6 Å². The van der Waals surface area contributed by atoms with Gasteiger partial charge in [-0.25, -0.2) is 4.79 Å². The Hall–Kier alpha value is -2.77. The summed E-state index contributed by atoms with van der Waals surface area (Å²) in [6.45, 7) is 3.20. The molecule has 1 fully saturated rings. The molecule has 3 amide bonds. The Morgan fingerprint density at radius 3 is 2.77 bits per heavy atom. The van der Waals surface area contributed by atoms with Gasteiger partial charge in [-0.3, -0.25) is 9.59 Å². The normalized spacial score (nSPS) is 19.8. The van der Waals surface area contributed by atoms with Crippen molar-refractivity contribution in [1.29, 1.82) is 0 Å². The summed E-state index contributed by atoms with van der Waals surface area (Å²) in [5, 5.41) is 5.67. The number of nitrogens with one attached hydrogen (secondary N) is 2. The lowest BCUT2D eigenvalue weighted by Gasteiger charge is -2.32. The molecular weight excluding hydrogens is 338 g/mol. The maximum atomic E-state index is 12.3. The van der Waals surface area contributed by atoms with Gasteiger partial charge in [0.25, 0.3) is 5.91 Å². The van der Waals surface area contributed by atoms with Crippen LogP contribution in [-0.2, 0) is 14.3 Å². The Morgan fingerprint density at radius 2 is 2.04 bits per heavy atom. The molecule has 0 saturated carbocycles. The average Bonchev–Trinajstić information content (AvgIpc) is 2.63. The number of benzene rings is 1. The highest BCUT2D eigenvalue weighted by Crippen LogP contribution is 2.29. The highest BCUT2D eigenvalue weighted by atomic mass is 16.6. The van der Waals surface area contributed by atoms with Gasteiger partial charge in [-0.2, -0.15) is 0 Å². The predicted octanol–water partition coefficient (Wildman–Crippen LogP) is 1.51. The second-order valence-corrected chi connectivity index (χ2v) is 6.32. The molecule has 0 aromatic heterocycles. The zero-order valence-corrected chi connectivity index (χ0v) is 14.7. The van der Waals surface area contributed by atoms with E-state index in [4.69, 9.17) is 9.47 Å². The van der Waals surface area contributed by atoms with Crippen molar-refractivity contribution < 1.29 is 23.9 Å². The number of fused-ring (bicyclic) bond motifs is 1. The van der Waals surface area contributed by atoms with Crippen molar-refractivity contribution in [2.75, 3.05) is 25.0 Å². The summed E-state index contributed by atoms with van der Waals surface area (Å²) in [6, 6.07) is 7.10. The molecular formula is C18H23N3O5. The third-order valence-corrected chi connectivity index (χ3v) is 4.46. The third-order valence-electron chi connectivity index (χ3n) is 4.46. The standard InChI is InChI=1S/C18H23N3O5/c1-2-25-18(24)21-9-7-12(8-10-21)19-16(22)11-15-17(23)20-13-5-3-4-6-14(13)26-15/h3-6,12,15H,2,7-11H2,1H3,(H,19,22)(H,20,23). The molecule has 1 aromatic carbocycles. The number of likely N-dealkylation sites (tertiary alicyclic amines) is 1. The van der Waals surface area contributed by atoms with E-state index in [0.717, 1.165) is 0 Å². The summed E-state index contributed by atoms with van der Waals surface area (Å²) in [5.74, 6) is 0.00254. The molecule has 2 aliphatic heterocycles. The molecule has 0 radical (unpaired) electrons. The second-order valence-electron chi connectivity index (χ2n) is 6.32. The largest absolute Gasteiger partial charge is 0.478 e. The lowest BCUT2D eigenvalue weighted by atomic mass is 10.0. The summed E-state index contributed by atoms with van der Waals surface area (Å²) >= 11 is 0. The van der Waals surface area contributed by atoms with Crippen LogP contribution in [-0.4, -0.2) is 54.6 Å². The number of rotatable bonds is 4.